The van der Waals surface area contributed by atoms with Crippen molar-refractivity contribution in [1.29, 1.82) is 0 Å². The maximum absolute atomic E-state index is 11.6. The number of nitrogens with zero attached hydrogens (tertiary/aromatic N) is 1. The number of esters is 1. The molecule has 0 bridgehead atoms. The number of nitrogens with one attached hydrogen (secondary N) is 1. The van der Waals surface area contributed by atoms with E-state index in [1.54, 1.807) is 26.0 Å². The summed E-state index contributed by atoms with van der Waals surface area (Å²) in [5.74, 6) is -0.704. The summed E-state index contributed by atoms with van der Waals surface area (Å²) in [6, 6.07) is 0. The SMILES string of the molecule is C/C=C/C=C/C(=O)Nc1nc(C)c(C(=O)OCC)s1. The summed E-state index contributed by atoms with van der Waals surface area (Å²) >= 11 is 1.11. The first-order chi connectivity index (χ1) is 9.08. The van der Waals surface area contributed by atoms with Crippen LogP contribution in [0, 0.1) is 6.92 Å². The van der Waals surface area contributed by atoms with Gasteiger partial charge in [-0.05, 0) is 20.8 Å². The molecular weight excluding hydrogens is 264 g/mol. The van der Waals surface area contributed by atoms with Crippen LogP contribution >= 0.6 is 11.3 Å². The third kappa shape index (κ3) is 4.67. The molecule has 102 valence electrons. The van der Waals surface area contributed by atoms with Gasteiger partial charge in [-0.25, -0.2) is 9.78 Å². The van der Waals surface area contributed by atoms with Crippen molar-refractivity contribution < 1.29 is 14.3 Å². The predicted octanol–water partition coefficient (Wildman–Crippen LogP) is 2.70. The molecule has 0 atom stereocenters. The molecule has 0 aliphatic rings. The molecule has 0 unspecified atom stereocenters. The van der Waals surface area contributed by atoms with Gasteiger partial charge >= 0.3 is 5.97 Å². The van der Waals surface area contributed by atoms with Crippen LogP contribution in [-0.4, -0.2) is 23.5 Å². The Bertz CT molecular complexity index is 518. The molecule has 0 fully saturated rings. The molecule has 5 nitrogen and oxygen atoms in total. The predicted molar refractivity (Wildman–Crippen MR) is 75.4 cm³/mol. The van der Waals surface area contributed by atoms with Crippen LogP contribution in [0.15, 0.2) is 24.3 Å². The van der Waals surface area contributed by atoms with E-state index in [0.29, 0.717) is 22.3 Å². The van der Waals surface area contributed by atoms with E-state index in [-0.39, 0.29) is 5.91 Å². The number of hydrogen-bond donors (Lipinski definition) is 1. The molecule has 0 aliphatic carbocycles. The molecule has 6 heteroatoms. The third-order valence-corrected chi connectivity index (χ3v) is 3.09. The number of carbonyl (C=O) groups is 2. The lowest BCUT2D eigenvalue weighted by Crippen LogP contribution is -2.07. The van der Waals surface area contributed by atoms with Gasteiger partial charge < -0.3 is 4.74 Å². The second-order valence-corrected chi connectivity index (χ2v) is 4.53. The normalized spacial score (nSPS) is 11.1. The minimum atomic E-state index is -0.414. The van der Waals surface area contributed by atoms with Crippen molar-refractivity contribution in [2.24, 2.45) is 0 Å². The number of allylic oxidation sites excluding steroid dienone is 3. The molecule has 0 spiro atoms. The fourth-order valence-electron chi connectivity index (χ4n) is 1.24. The number of aryl methyl sites for hydroxylation is 1. The Balaban J connectivity index is 2.73. The number of rotatable bonds is 5. The van der Waals surface area contributed by atoms with Gasteiger partial charge in [0.1, 0.15) is 4.88 Å². The average Bonchev–Trinajstić information content (AvgIpc) is 2.71. The highest BCUT2D eigenvalue weighted by molar-refractivity contribution is 7.17. The van der Waals surface area contributed by atoms with Gasteiger partial charge in [-0.15, -0.1) is 0 Å². The lowest BCUT2D eigenvalue weighted by molar-refractivity contribution is -0.111. The Morgan fingerprint density at radius 1 is 1.42 bits per heavy atom. The van der Waals surface area contributed by atoms with Gasteiger partial charge in [0.15, 0.2) is 5.13 Å². The molecule has 1 heterocycles. The van der Waals surface area contributed by atoms with Crippen LogP contribution in [0.4, 0.5) is 5.13 Å². The lowest BCUT2D eigenvalue weighted by Gasteiger charge is -1.97. The van der Waals surface area contributed by atoms with Crippen LogP contribution < -0.4 is 5.32 Å². The molecule has 0 aliphatic heterocycles. The molecule has 1 rings (SSSR count). The van der Waals surface area contributed by atoms with Crippen LogP contribution in [0.2, 0.25) is 0 Å². The van der Waals surface area contributed by atoms with E-state index in [2.05, 4.69) is 10.3 Å². The number of carbonyl (C=O) groups excluding carboxylic acids is 2. The molecule has 0 radical (unpaired) electrons. The topological polar surface area (TPSA) is 68.3 Å². The summed E-state index contributed by atoms with van der Waals surface area (Å²) in [7, 11) is 0. The highest BCUT2D eigenvalue weighted by Gasteiger charge is 2.16. The summed E-state index contributed by atoms with van der Waals surface area (Å²) in [6.07, 6.45) is 6.58. The van der Waals surface area contributed by atoms with Gasteiger partial charge in [0.25, 0.3) is 0 Å². The largest absolute Gasteiger partial charge is 0.462 e. The first-order valence-electron chi connectivity index (χ1n) is 5.83. The second-order valence-electron chi connectivity index (χ2n) is 3.53. The van der Waals surface area contributed by atoms with Gasteiger partial charge in [-0.3, -0.25) is 10.1 Å². The number of amides is 1. The summed E-state index contributed by atoms with van der Waals surface area (Å²) in [6.45, 7) is 5.61. The monoisotopic (exact) mass is 280 g/mol. The van der Waals surface area contributed by atoms with Gasteiger partial charge in [0.05, 0.1) is 12.3 Å². The zero-order valence-electron chi connectivity index (χ0n) is 11.1. The highest BCUT2D eigenvalue weighted by Crippen LogP contribution is 2.23. The van der Waals surface area contributed by atoms with Crippen LogP contribution in [0.5, 0.6) is 0 Å². The Hall–Kier alpha value is -1.95. The summed E-state index contributed by atoms with van der Waals surface area (Å²) in [5.41, 5.74) is 0.552. The van der Waals surface area contributed by atoms with Crippen molar-refractivity contribution in [2.75, 3.05) is 11.9 Å². The molecular formula is C13H16N2O3S. The number of ether oxygens (including phenoxy) is 1. The Morgan fingerprint density at radius 3 is 2.79 bits per heavy atom. The molecule has 0 aromatic carbocycles. The highest BCUT2D eigenvalue weighted by atomic mass is 32.1. The third-order valence-electron chi connectivity index (χ3n) is 2.04. The van der Waals surface area contributed by atoms with Crippen molar-refractivity contribution in [1.82, 2.24) is 4.98 Å². The first kappa shape index (κ1) is 15.1. The maximum Gasteiger partial charge on any atom is 0.350 e. The van der Waals surface area contributed by atoms with Crippen LogP contribution in [0.25, 0.3) is 0 Å². The van der Waals surface area contributed by atoms with E-state index in [1.807, 2.05) is 13.0 Å². The van der Waals surface area contributed by atoms with Crippen molar-refractivity contribution in [2.45, 2.75) is 20.8 Å². The zero-order chi connectivity index (χ0) is 14.3. The van der Waals surface area contributed by atoms with Crippen LogP contribution in [0.3, 0.4) is 0 Å². The van der Waals surface area contributed by atoms with E-state index in [4.69, 9.17) is 4.74 Å². The average molecular weight is 280 g/mol. The quantitative estimate of drug-likeness (QED) is 0.511. The Labute approximate surface area is 116 Å². The molecule has 0 saturated heterocycles. The molecule has 19 heavy (non-hydrogen) atoms. The van der Waals surface area contributed by atoms with E-state index in [0.717, 1.165) is 11.3 Å². The number of anilines is 1. The summed E-state index contributed by atoms with van der Waals surface area (Å²) < 4.78 is 4.90. The lowest BCUT2D eigenvalue weighted by atomic mass is 10.4. The fraction of sp³-hybridized carbons (Fsp3) is 0.308. The van der Waals surface area contributed by atoms with Gasteiger partial charge in [0.2, 0.25) is 5.91 Å². The van der Waals surface area contributed by atoms with Crippen molar-refractivity contribution >= 4 is 28.3 Å². The van der Waals surface area contributed by atoms with Gasteiger partial charge in [0, 0.05) is 6.08 Å². The number of aromatic nitrogens is 1. The first-order valence-corrected chi connectivity index (χ1v) is 6.65. The van der Waals surface area contributed by atoms with Crippen molar-refractivity contribution in [3.8, 4) is 0 Å². The molecule has 1 amide bonds. The molecule has 1 aromatic rings. The van der Waals surface area contributed by atoms with Crippen molar-refractivity contribution in [3.63, 3.8) is 0 Å². The Kier molecular flexibility index (Phi) is 5.95. The van der Waals surface area contributed by atoms with E-state index >= 15 is 0 Å². The maximum atomic E-state index is 11.6. The van der Waals surface area contributed by atoms with Crippen molar-refractivity contribution in [3.05, 3.63) is 34.9 Å². The van der Waals surface area contributed by atoms with Gasteiger partial charge in [-0.1, -0.05) is 29.6 Å². The van der Waals surface area contributed by atoms with Crippen LogP contribution in [-0.2, 0) is 9.53 Å². The van der Waals surface area contributed by atoms with Crippen LogP contribution in [0.1, 0.15) is 29.2 Å². The van der Waals surface area contributed by atoms with E-state index < -0.39 is 5.97 Å². The summed E-state index contributed by atoms with van der Waals surface area (Å²) in [4.78, 5) is 27.6. The van der Waals surface area contributed by atoms with E-state index in [1.165, 1.54) is 6.08 Å². The minimum absolute atomic E-state index is 0.290. The standard InChI is InChI=1S/C13H16N2O3S/c1-4-6-7-8-10(16)15-13-14-9(3)11(19-13)12(17)18-5-2/h4,6-8H,5H2,1-3H3,(H,14,15,16)/b6-4+,8-7+. The minimum Gasteiger partial charge on any atom is -0.462 e. The second kappa shape index (κ2) is 7.48. The zero-order valence-corrected chi connectivity index (χ0v) is 11.9. The van der Waals surface area contributed by atoms with Gasteiger partial charge in [-0.2, -0.15) is 0 Å². The number of thiazole rings is 1. The Morgan fingerprint density at radius 2 is 2.16 bits per heavy atom. The van der Waals surface area contributed by atoms with E-state index in [9.17, 15) is 9.59 Å². The summed E-state index contributed by atoms with van der Waals surface area (Å²) in [5, 5.41) is 2.98. The number of hydrogen-bond acceptors (Lipinski definition) is 5. The fourth-order valence-corrected chi connectivity index (χ4v) is 2.10. The molecule has 1 aromatic heterocycles. The molecule has 1 N–H and O–H groups in total. The molecule has 0 saturated carbocycles. The smallest absolute Gasteiger partial charge is 0.350 e.